The minimum Gasteiger partial charge on any atom is -0.465 e. The Kier molecular flexibility index (Phi) is 5.22. The molecule has 0 aliphatic carbocycles. The molecule has 21 heavy (non-hydrogen) atoms. The van der Waals surface area contributed by atoms with Crippen molar-refractivity contribution in [1.82, 2.24) is 0 Å². The van der Waals surface area contributed by atoms with Crippen LogP contribution < -0.4 is 5.32 Å². The van der Waals surface area contributed by atoms with Crippen molar-refractivity contribution in [3.05, 3.63) is 40.2 Å². The van der Waals surface area contributed by atoms with Gasteiger partial charge >= 0.3 is 5.97 Å². The molecule has 1 amide bonds. The third-order valence-electron chi connectivity index (χ3n) is 2.71. The van der Waals surface area contributed by atoms with Crippen LogP contribution in [0.5, 0.6) is 0 Å². The molecule has 0 saturated heterocycles. The highest BCUT2D eigenvalue weighted by Gasteiger charge is 2.22. The molecule has 0 spiro atoms. The monoisotopic (exact) mass is 343 g/mol. The Bertz CT molecular complexity index is 667. The number of esters is 1. The van der Waals surface area contributed by atoms with Crippen molar-refractivity contribution in [3.63, 3.8) is 0 Å². The van der Waals surface area contributed by atoms with Crippen molar-refractivity contribution in [2.45, 2.75) is 0 Å². The van der Waals surface area contributed by atoms with E-state index >= 15 is 0 Å². The van der Waals surface area contributed by atoms with Gasteiger partial charge in [-0.2, -0.15) is 0 Å². The molecular weight excluding hydrogens is 333 g/mol. The molecule has 110 valence electrons. The summed E-state index contributed by atoms with van der Waals surface area (Å²) in [5, 5.41) is 5.39. The zero-order valence-electron chi connectivity index (χ0n) is 11.0. The van der Waals surface area contributed by atoms with E-state index in [0.29, 0.717) is 21.2 Å². The van der Waals surface area contributed by atoms with Crippen LogP contribution in [0.1, 0.15) is 10.4 Å². The number of carbonyl (C=O) groups excluding carboxylic acids is 2. The van der Waals surface area contributed by atoms with Gasteiger partial charge in [0.15, 0.2) is 0 Å². The summed E-state index contributed by atoms with van der Waals surface area (Å²) in [6.45, 7) is 0. The molecule has 0 aliphatic heterocycles. The molecule has 7 heteroatoms. The Morgan fingerprint density at radius 2 is 1.95 bits per heavy atom. The van der Waals surface area contributed by atoms with Gasteiger partial charge in [-0.3, -0.25) is 4.79 Å². The smallest absolute Gasteiger partial charge is 0.341 e. The van der Waals surface area contributed by atoms with Gasteiger partial charge in [-0.05, 0) is 17.7 Å². The second-order valence-corrected chi connectivity index (χ2v) is 5.62. The van der Waals surface area contributed by atoms with E-state index in [1.54, 1.807) is 29.6 Å². The second-order valence-electron chi connectivity index (χ2n) is 4.03. The van der Waals surface area contributed by atoms with E-state index in [9.17, 15) is 9.59 Å². The molecule has 0 saturated carbocycles. The quantitative estimate of drug-likeness (QED) is 0.673. The minimum atomic E-state index is -0.522. The fourth-order valence-electron chi connectivity index (χ4n) is 1.76. The number of amides is 1. The predicted octanol–water partition coefficient (Wildman–Crippen LogP) is 4.03. The summed E-state index contributed by atoms with van der Waals surface area (Å²) in [6.07, 6.45) is 0. The number of hydrogen-bond donors (Lipinski definition) is 1. The number of benzene rings is 1. The molecule has 1 N–H and O–H groups in total. The lowest BCUT2D eigenvalue weighted by Crippen LogP contribution is -2.14. The van der Waals surface area contributed by atoms with E-state index in [2.05, 4.69) is 5.32 Å². The van der Waals surface area contributed by atoms with Crippen molar-refractivity contribution >= 4 is 51.4 Å². The van der Waals surface area contributed by atoms with Gasteiger partial charge in [-0.1, -0.05) is 23.7 Å². The van der Waals surface area contributed by atoms with Crippen molar-refractivity contribution in [3.8, 4) is 11.1 Å². The summed E-state index contributed by atoms with van der Waals surface area (Å²) >= 11 is 12.6. The normalized spacial score (nSPS) is 10.2. The van der Waals surface area contributed by atoms with Gasteiger partial charge in [0.25, 0.3) is 0 Å². The highest BCUT2D eigenvalue weighted by atomic mass is 35.5. The molecule has 0 bridgehead atoms. The van der Waals surface area contributed by atoms with Crippen LogP contribution in [0.2, 0.25) is 5.02 Å². The largest absolute Gasteiger partial charge is 0.465 e. The van der Waals surface area contributed by atoms with Gasteiger partial charge in [0.05, 0.1) is 7.11 Å². The highest BCUT2D eigenvalue weighted by Crippen LogP contribution is 2.36. The summed E-state index contributed by atoms with van der Waals surface area (Å²) < 4.78 is 4.79. The number of rotatable bonds is 4. The van der Waals surface area contributed by atoms with Crippen LogP contribution in [0.3, 0.4) is 0 Å². The summed E-state index contributed by atoms with van der Waals surface area (Å²) in [7, 11) is 1.29. The molecule has 1 aromatic heterocycles. The highest BCUT2D eigenvalue weighted by molar-refractivity contribution is 7.15. The zero-order chi connectivity index (χ0) is 15.4. The molecule has 0 aliphatic rings. The standard InChI is InChI=1S/C14H11Cl2NO3S/c1-20-14(19)12-10(8-2-4-9(16)5-3-8)7-21-13(12)17-11(18)6-15/h2-5,7H,6H2,1H3,(H,17,18). The van der Waals surface area contributed by atoms with Gasteiger partial charge in [0.2, 0.25) is 5.91 Å². The Morgan fingerprint density at radius 1 is 1.29 bits per heavy atom. The van der Waals surface area contributed by atoms with E-state index in [4.69, 9.17) is 27.9 Å². The fraction of sp³-hybridized carbons (Fsp3) is 0.143. The van der Waals surface area contributed by atoms with E-state index in [-0.39, 0.29) is 11.8 Å². The molecule has 2 rings (SSSR count). The molecule has 0 atom stereocenters. The zero-order valence-corrected chi connectivity index (χ0v) is 13.3. The molecule has 4 nitrogen and oxygen atoms in total. The van der Waals surface area contributed by atoms with Gasteiger partial charge < -0.3 is 10.1 Å². The Hall–Kier alpha value is -1.56. The molecule has 0 unspecified atom stereocenters. The van der Waals surface area contributed by atoms with Crippen molar-refractivity contribution in [2.75, 3.05) is 18.3 Å². The summed E-state index contributed by atoms with van der Waals surface area (Å²) in [5.74, 6) is -1.09. The first-order valence-electron chi connectivity index (χ1n) is 5.88. The van der Waals surface area contributed by atoms with Crippen LogP contribution in [0.25, 0.3) is 11.1 Å². The topological polar surface area (TPSA) is 55.4 Å². The number of hydrogen-bond acceptors (Lipinski definition) is 4. The number of carbonyl (C=O) groups is 2. The number of alkyl halides is 1. The third-order valence-corrected chi connectivity index (χ3v) is 4.10. The van der Waals surface area contributed by atoms with Crippen molar-refractivity contribution < 1.29 is 14.3 Å². The van der Waals surface area contributed by atoms with Crippen molar-refractivity contribution in [2.24, 2.45) is 0 Å². The van der Waals surface area contributed by atoms with Gasteiger partial charge in [0, 0.05) is 16.0 Å². The summed E-state index contributed by atoms with van der Waals surface area (Å²) in [4.78, 5) is 23.4. The molecule has 1 heterocycles. The van der Waals surface area contributed by atoms with E-state index in [0.717, 1.165) is 5.56 Å². The SMILES string of the molecule is COC(=O)c1c(-c2ccc(Cl)cc2)csc1NC(=O)CCl. The Morgan fingerprint density at radius 3 is 2.52 bits per heavy atom. The lowest BCUT2D eigenvalue weighted by atomic mass is 10.0. The second kappa shape index (κ2) is 6.93. The van der Waals surface area contributed by atoms with Crippen LogP contribution in [0.15, 0.2) is 29.6 Å². The van der Waals surface area contributed by atoms with Crippen LogP contribution in [0, 0.1) is 0 Å². The number of ether oxygens (including phenoxy) is 1. The summed E-state index contributed by atoms with van der Waals surface area (Å²) in [6, 6.07) is 7.05. The van der Waals surface area contributed by atoms with E-state index in [1.807, 2.05) is 0 Å². The summed E-state index contributed by atoms with van der Waals surface area (Å²) in [5.41, 5.74) is 1.79. The van der Waals surface area contributed by atoms with Gasteiger partial charge in [-0.15, -0.1) is 22.9 Å². The van der Waals surface area contributed by atoms with Crippen LogP contribution >= 0.6 is 34.5 Å². The van der Waals surface area contributed by atoms with E-state index in [1.165, 1.54) is 18.4 Å². The lowest BCUT2D eigenvalue weighted by Gasteiger charge is -2.07. The molecule has 0 fully saturated rings. The van der Waals surface area contributed by atoms with Gasteiger partial charge in [0.1, 0.15) is 16.4 Å². The fourth-order valence-corrected chi connectivity index (χ4v) is 2.92. The van der Waals surface area contributed by atoms with Crippen LogP contribution in [-0.4, -0.2) is 24.9 Å². The molecule has 2 aromatic rings. The van der Waals surface area contributed by atoms with Crippen LogP contribution in [0.4, 0.5) is 5.00 Å². The van der Waals surface area contributed by atoms with Gasteiger partial charge in [-0.25, -0.2) is 4.79 Å². The Labute approximate surface area is 135 Å². The maximum absolute atomic E-state index is 12.0. The van der Waals surface area contributed by atoms with E-state index < -0.39 is 5.97 Å². The number of anilines is 1. The van der Waals surface area contributed by atoms with Crippen molar-refractivity contribution in [1.29, 1.82) is 0 Å². The minimum absolute atomic E-state index is 0.186. The first-order chi connectivity index (χ1) is 10.1. The van der Waals surface area contributed by atoms with Crippen LogP contribution in [-0.2, 0) is 9.53 Å². The average molecular weight is 344 g/mol. The molecular formula is C14H11Cl2NO3S. The number of halogens is 2. The number of thiophene rings is 1. The maximum atomic E-state index is 12.0. The predicted molar refractivity (Wildman–Crippen MR) is 85.5 cm³/mol. The average Bonchev–Trinajstić information content (AvgIpc) is 2.90. The number of nitrogens with one attached hydrogen (secondary N) is 1. The maximum Gasteiger partial charge on any atom is 0.341 e. The molecule has 0 radical (unpaired) electrons. The number of methoxy groups -OCH3 is 1. The molecule has 1 aromatic carbocycles. The first-order valence-corrected chi connectivity index (χ1v) is 7.67. The Balaban J connectivity index is 2.48. The third kappa shape index (κ3) is 3.56. The first kappa shape index (κ1) is 15.8. The lowest BCUT2D eigenvalue weighted by molar-refractivity contribution is -0.113.